The minimum absolute atomic E-state index is 0.0104. The van der Waals surface area contributed by atoms with Gasteiger partial charge in [0.15, 0.2) is 0 Å². The molecule has 1 aliphatic heterocycles. The fraction of sp³-hybridized carbons (Fsp3) is 0.240. The lowest BCUT2D eigenvalue weighted by molar-refractivity contribution is -0.118. The first-order valence-electron chi connectivity index (χ1n) is 10.4. The minimum Gasteiger partial charge on any atom is -0.379 e. The van der Waals surface area contributed by atoms with Crippen LogP contribution in [0.1, 0.15) is 17.2 Å². The molecule has 3 aromatic carbocycles. The quantitative estimate of drug-likeness (QED) is 0.677. The third-order valence-electron chi connectivity index (χ3n) is 5.78. The highest BCUT2D eigenvalue weighted by Crippen LogP contribution is 2.44. The molecule has 152 valence electrons. The topological polar surface area (TPSA) is 53.6 Å². The summed E-state index contributed by atoms with van der Waals surface area (Å²) in [5, 5.41) is 6.66. The molecule has 1 saturated heterocycles. The molecule has 0 bridgehead atoms. The lowest BCUT2D eigenvalue weighted by Gasteiger charge is -2.25. The van der Waals surface area contributed by atoms with Crippen molar-refractivity contribution >= 4 is 17.3 Å². The van der Waals surface area contributed by atoms with Crippen LogP contribution in [0.25, 0.3) is 11.1 Å². The van der Waals surface area contributed by atoms with E-state index in [0.717, 1.165) is 24.5 Å². The molecular weight excluding hydrogens is 374 g/mol. The van der Waals surface area contributed by atoms with Gasteiger partial charge in [-0.1, -0.05) is 48.5 Å². The lowest BCUT2D eigenvalue weighted by Crippen LogP contribution is -2.41. The highest BCUT2D eigenvalue weighted by molar-refractivity contribution is 5.92. The largest absolute Gasteiger partial charge is 0.379 e. The molecule has 0 spiro atoms. The molecule has 3 aromatic rings. The second-order valence-electron chi connectivity index (χ2n) is 7.77. The zero-order valence-corrected chi connectivity index (χ0v) is 16.8. The summed E-state index contributed by atoms with van der Waals surface area (Å²) in [5.41, 5.74) is 7.00. The van der Waals surface area contributed by atoms with Crippen LogP contribution in [-0.2, 0) is 9.53 Å². The van der Waals surface area contributed by atoms with Crippen molar-refractivity contribution in [3.8, 4) is 11.1 Å². The van der Waals surface area contributed by atoms with Crippen LogP contribution in [0.3, 0.4) is 0 Å². The first-order valence-corrected chi connectivity index (χ1v) is 10.4. The number of hydrogen-bond acceptors (Lipinski definition) is 4. The van der Waals surface area contributed by atoms with E-state index in [1.54, 1.807) is 0 Å². The Morgan fingerprint density at radius 1 is 0.833 bits per heavy atom. The van der Waals surface area contributed by atoms with Gasteiger partial charge < -0.3 is 15.4 Å². The van der Waals surface area contributed by atoms with E-state index in [1.165, 1.54) is 22.3 Å². The monoisotopic (exact) mass is 399 g/mol. The summed E-state index contributed by atoms with van der Waals surface area (Å²) in [4.78, 5) is 14.4. The van der Waals surface area contributed by atoms with Crippen molar-refractivity contribution < 1.29 is 9.53 Å². The number of nitrogens with zero attached hydrogens (tertiary/aromatic N) is 1. The standard InChI is InChI=1S/C25H25N3O2/c29-24(17-28-13-15-30-16-14-28)26-18-9-11-19(12-10-18)27-25-22-7-3-1-5-20(22)21-6-2-4-8-23(21)25/h1-12,25,27H,13-17H2,(H,26,29). The molecule has 5 heteroatoms. The van der Waals surface area contributed by atoms with E-state index < -0.39 is 0 Å². The molecule has 2 N–H and O–H groups in total. The summed E-state index contributed by atoms with van der Waals surface area (Å²) in [6.45, 7) is 3.41. The van der Waals surface area contributed by atoms with E-state index in [0.29, 0.717) is 19.8 Å². The first kappa shape index (κ1) is 18.9. The van der Waals surface area contributed by atoms with Gasteiger partial charge in [-0.2, -0.15) is 0 Å². The third-order valence-corrected chi connectivity index (χ3v) is 5.78. The van der Waals surface area contributed by atoms with Crippen molar-refractivity contribution in [3.05, 3.63) is 83.9 Å². The van der Waals surface area contributed by atoms with Crippen LogP contribution in [-0.4, -0.2) is 43.7 Å². The SMILES string of the molecule is O=C(CN1CCOCC1)Nc1ccc(NC2c3ccccc3-c3ccccc32)cc1. The fourth-order valence-corrected chi connectivity index (χ4v) is 4.29. The summed E-state index contributed by atoms with van der Waals surface area (Å²) in [7, 11) is 0. The highest BCUT2D eigenvalue weighted by Gasteiger charge is 2.27. The number of carbonyl (C=O) groups excluding carboxylic acids is 1. The molecule has 0 radical (unpaired) electrons. The van der Waals surface area contributed by atoms with Crippen molar-refractivity contribution in [3.63, 3.8) is 0 Å². The van der Waals surface area contributed by atoms with Gasteiger partial charge in [0, 0.05) is 24.5 Å². The van der Waals surface area contributed by atoms with E-state index in [-0.39, 0.29) is 11.9 Å². The summed E-state index contributed by atoms with van der Waals surface area (Å²) < 4.78 is 5.33. The third kappa shape index (κ3) is 3.82. The van der Waals surface area contributed by atoms with Gasteiger partial charge in [0.05, 0.1) is 25.8 Å². The summed E-state index contributed by atoms with van der Waals surface area (Å²) in [6, 6.07) is 25.2. The summed E-state index contributed by atoms with van der Waals surface area (Å²) in [6.07, 6.45) is 0. The van der Waals surface area contributed by atoms with Gasteiger partial charge in [-0.05, 0) is 46.5 Å². The Morgan fingerprint density at radius 3 is 2.03 bits per heavy atom. The van der Waals surface area contributed by atoms with Crippen molar-refractivity contribution in [2.45, 2.75) is 6.04 Å². The first-order chi connectivity index (χ1) is 14.8. The van der Waals surface area contributed by atoms with Crippen LogP contribution in [0.5, 0.6) is 0 Å². The molecule has 0 saturated carbocycles. The Balaban J connectivity index is 1.27. The smallest absolute Gasteiger partial charge is 0.238 e. The predicted octanol–water partition coefficient (Wildman–Crippen LogP) is 4.14. The molecule has 0 unspecified atom stereocenters. The molecule has 1 fully saturated rings. The number of hydrogen-bond donors (Lipinski definition) is 2. The van der Waals surface area contributed by atoms with Crippen molar-refractivity contribution in [1.82, 2.24) is 4.90 Å². The van der Waals surface area contributed by atoms with E-state index in [4.69, 9.17) is 4.74 Å². The number of amides is 1. The van der Waals surface area contributed by atoms with E-state index in [1.807, 2.05) is 24.3 Å². The number of morpholine rings is 1. The van der Waals surface area contributed by atoms with Gasteiger partial charge >= 0.3 is 0 Å². The number of fused-ring (bicyclic) bond motifs is 3. The minimum atomic E-state index is 0.0104. The highest BCUT2D eigenvalue weighted by atomic mass is 16.5. The molecule has 0 atom stereocenters. The normalized spacial score (nSPS) is 16.0. The van der Waals surface area contributed by atoms with Gasteiger partial charge in [-0.15, -0.1) is 0 Å². The average molecular weight is 399 g/mol. The summed E-state index contributed by atoms with van der Waals surface area (Å²) in [5.74, 6) is 0.0104. The van der Waals surface area contributed by atoms with E-state index in [2.05, 4.69) is 64.1 Å². The molecule has 5 nitrogen and oxygen atoms in total. The Labute approximate surface area is 176 Å². The van der Waals surface area contributed by atoms with Gasteiger partial charge in [-0.25, -0.2) is 0 Å². The van der Waals surface area contributed by atoms with Crippen LogP contribution in [0.2, 0.25) is 0 Å². The maximum Gasteiger partial charge on any atom is 0.238 e. The second-order valence-corrected chi connectivity index (χ2v) is 7.77. The molecule has 1 heterocycles. The van der Waals surface area contributed by atoms with Gasteiger partial charge in [-0.3, -0.25) is 9.69 Å². The number of nitrogens with one attached hydrogen (secondary N) is 2. The van der Waals surface area contributed by atoms with Crippen LogP contribution < -0.4 is 10.6 Å². The average Bonchev–Trinajstić information content (AvgIpc) is 3.10. The van der Waals surface area contributed by atoms with Crippen LogP contribution in [0.4, 0.5) is 11.4 Å². The Bertz CT molecular complexity index is 997. The Morgan fingerprint density at radius 2 is 1.40 bits per heavy atom. The van der Waals surface area contributed by atoms with Crippen molar-refractivity contribution in [1.29, 1.82) is 0 Å². The van der Waals surface area contributed by atoms with E-state index >= 15 is 0 Å². The number of ether oxygens (including phenoxy) is 1. The maximum absolute atomic E-state index is 12.3. The molecule has 0 aromatic heterocycles. The number of rotatable bonds is 5. The number of carbonyl (C=O) groups is 1. The van der Waals surface area contributed by atoms with Crippen molar-refractivity contribution in [2.24, 2.45) is 0 Å². The van der Waals surface area contributed by atoms with Gasteiger partial charge in [0.2, 0.25) is 5.91 Å². The zero-order chi connectivity index (χ0) is 20.3. The van der Waals surface area contributed by atoms with Crippen molar-refractivity contribution in [2.75, 3.05) is 43.5 Å². The van der Waals surface area contributed by atoms with Crippen LogP contribution in [0, 0.1) is 0 Å². The van der Waals surface area contributed by atoms with Gasteiger partial charge in [0.25, 0.3) is 0 Å². The van der Waals surface area contributed by atoms with E-state index in [9.17, 15) is 4.79 Å². The molecular formula is C25H25N3O2. The number of benzene rings is 3. The van der Waals surface area contributed by atoms with Gasteiger partial charge in [0.1, 0.15) is 0 Å². The molecule has 5 rings (SSSR count). The zero-order valence-electron chi connectivity index (χ0n) is 16.8. The molecule has 30 heavy (non-hydrogen) atoms. The molecule has 1 aliphatic carbocycles. The second kappa shape index (κ2) is 8.30. The Kier molecular flexibility index (Phi) is 5.22. The molecule has 2 aliphatic rings. The van der Waals surface area contributed by atoms with Crippen LogP contribution in [0.15, 0.2) is 72.8 Å². The maximum atomic E-state index is 12.3. The summed E-state index contributed by atoms with van der Waals surface area (Å²) >= 11 is 0. The lowest BCUT2D eigenvalue weighted by atomic mass is 10.0. The number of anilines is 2. The fourth-order valence-electron chi connectivity index (χ4n) is 4.29. The Hall–Kier alpha value is -3.15. The predicted molar refractivity (Wildman–Crippen MR) is 120 cm³/mol. The van der Waals surface area contributed by atoms with Crippen LogP contribution >= 0.6 is 0 Å². The molecule has 1 amide bonds.